The molecule has 24 heavy (non-hydrogen) atoms. The van der Waals surface area contributed by atoms with Crippen LogP contribution in [-0.4, -0.2) is 11.1 Å². The second kappa shape index (κ2) is 16.0. The van der Waals surface area contributed by atoms with E-state index in [2.05, 4.69) is 27.7 Å². The van der Waals surface area contributed by atoms with Gasteiger partial charge in [-0.2, -0.15) is 0 Å². The highest BCUT2D eigenvalue weighted by Crippen LogP contribution is 2.27. The van der Waals surface area contributed by atoms with Crippen LogP contribution in [0.2, 0.25) is 0 Å². The predicted octanol–water partition coefficient (Wildman–Crippen LogP) is 7.46. The maximum atomic E-state index is 11.6. The van der Waals surface area contributed by atoms with E-state index in [0.29, 0.717) is 5.92 Å². The van der Waals surface area contributed by atoms with Crippen molar-refractivity contribution in [3.05, 3.63) is 0 Å². The Hall–Kier alpha value is -0.530. The average Bonchev–Trinajstić information content (AvgIpc) is 2.52. The highest BCUT2D eigenvalue weighted by Gasteiger charge is 2.21. The minimum atomic E-state index is -0.564. The van der Waals surface area contributed by atoms with Crippen molar-refractivity contribution in [2.24, 2.45) is 17.8 Å². The van der Waals surface area contributed by atoms with Gasteiger partial charge in [0, 0.05) is 0 Å². The molecule has 0 saturated carbocycles. The Balaban J connectivity index is 4.02. The first-order chi connectivity index (χ1) is 11.5. The van der Waals surface area contributed by atoms with Crippen LogP contribution in [0.5, 0.6) is 0 Å². The molecule has 0 radical (unpaired) electrons. The second-order valence-corrected chi connectivity index (χ2v) is 8.16. The van der Waals surface area contributed by atoms with E-state index in [9.17, 15) is 9.90 Å². The van der Waals surface area contributed by atoms with Gasteiger partial charge < -0.3 is 5.11 Å². The Labute approximate surface area is 151 Å². The normalized spacial score (nSPS) is 14.0. The molecule has 0 spiro atoms. The number of carboxylic acid groups (broad SMARTS) is 1. The highest BCUT2D eigenvalue weighted by atomic mass is 16.4. The molecule has 0 aromatic heterocycles. The van der Waals surface area contributed by atoms with E-state index in [-0.39, 0.29) is 5.92 Å². The molecule has 0 rings (SSSR count). The fourth-order valence-electron chi connectivity index (χ4n) is 3.69. The van der Waals surface area contributed by atoms with E-state index < -0.39 is 5.97 Å². The monoisotopic (exact) mass is 340 g/mol. The molecule has 0 saturated heterocycles. The molecule has 2 unspecified atom stereocenters. The molecule has 0 aliphatic heterocycles. The molecular weight excluding hydrogens is 296 g/mol. The highest BCUT2D eigenvalue weighted by molar-refractivity contribution is 5.69. The third-order valence-corrected chi connectivity index (χ3v) is 5.21. The summed E-state index contributed by atoms with van der Waals surface area (Å²) >= 11 is 0. The zero-order chi connectivity index (χ0) is 18.2. The SMILES string of the molecule is CCCCCC(CCC)CC(CCCCCCCC(C)C)C(=O)O. The number of aliphatic carboxylic acids is 1. The summed E-state index contributed by atoms with van der Waals surface area (Å²) in [5.74, 6) is 0.753. The van der Waals surface area contributed by atoms with Gasteiger partial charge in [-0.1, -0.05) is 105 Å². The molecule has 2 heteroatoms. The summed E-state index contributed by atoms with van der Waals surface area (Å²) in [6, 6.07) is 0. The lowest BCUT2D eigenvalue weighted by Gasteiger charge is -2.21. The molecule has 144 valence electrons. The molecule has 0 aromatic rings. The molecule has 0 aliphatic rings. The van der Waals surface area contributed by atoms with Crippen LogP contribution in [0.3, 0.4) is 0 Å². The van der Waals surface area contributed by atoms with Gasteiger partial charge in [-0.05, 0) is 24.7 Å². The number of hydrogen-bond acceptors (Lipinski definition) is 1. The lowest BCUT2D eigenvalue weighted by molar-refractivity contribution is -0.142. The molecule has 2 atom stereocenters. The summed E-state index contributed by atoms with van der Waals surface area (Å²) in [5, 5.41) is 9.56. The van der Waals surface area contributed by atoms with Crippen molar-refractivity contribution in [1.29, 1.82) is 0 Å². The van der Waals surface area contributed by atoms with Crippen LogP contribution in [0.15, 0.2) is 0 Å². The molecule has 0 bridgehead atoms. The van der Waals surface area contributed by atoms with Gasteiger partial charge in [0.2, 0.25) is 0 Å². The van der Waals surface area contributed by atoms with Crippen molar-refractivity contribution in [1.82, 2.24) is 0 Å². The lowest BCUT2D eigenvalue weighted by Crippen LogP contribution is -2.18. The van der Waals surface area contributed by atoms with Gasteiger partial charge >= 0.3 is 5.97 Å². The van der Waals surface area contributed by atoms with Gasteiger partial charge in [-0.15, -0.1) is 0 Å². The minimum Gasteiger partial charge on any atom is -0.481 e. The van der Waals surface area contributed by atoms with E-state index in [1.54, 1.807) is 0 Å². The van der Waals surface area contributed by atoms with Crippen LogP contribution in [0.4, 0.5) is 0 Å². The average molecular weight is 341 g/mol. The Kier molecular flexibility index (Phi) is 15.6. The summed E-state index contributed by atoms with van der Waals surface area (Å²) in [6.07, 6.45) is 16.7. The molecule has 0 heterocycles. The van der Waals surface area contributed by atoms with Gasteiger partial charge in [0.1, 0.15) is 0 Å². The summed E-state index contributed by atoms with van der Waals surface area (Å²) < 4.78 is 0. The number of carbonyl (C=O) groups is 1. The van der Waals surface area contributed by atoms with Gasteiger partial charge in [0.25, 0.3) is 0 Å². The second-order valence-electron chi connectivity index (χ2n) is 8.16. The van der Waals surface area contributed by atoms with E-state index in [1.165, 1.54) is 70.6 Å². The quantitative estimate of drug-likeness (QED) is 0.279. The Morgan fingerprint density at radius 3 is 1.88 bits per heavy atom. The van der Waals surface area contributed by atoms with E-state index in [4.69, 9.17) is 0 Å². The molecule has 0 aromatic carbocycles. The fourth-order valence-corrected chi connectivity index (χ4v) is 3.69. The summed E-state index contributed by atoms with van der Waals surface area (Å²) in [5.41, 5.74) is 0. The van der Waals surface area contributed by atoms with Crippen molar-refractivity contribution >= 4 is 5.97 Å². The number of hydrogen-bond donors (Lipinski definition) is 1. The number of unbranched alkanes of at least 4 members (excludes halogenated alkanes) is 6. The van der Waals surface area contributed by atoms with Crippen LogP contribution in [0.25, 0.3) is 0 Å². The summed E-state index contributed by atoms with van der Waals surface area (Å²) in [6.45, 7) is 9.02. The van der Waals surface area contributed by atoms with Crippen LogP contribution in [-0.2, 0) is 4.79 Å². The topological polar surface area (TPSA) is 37.3 Å². The number of carboxylic acids is 1. The van der Waals surface area contributed by atoms with Crippen LogP contribution >= 0.6 is 0 Å². The van der Waals surface area contributed by atoms with Crippen molar-refractivity contribution in [2.75, 3.05) is 0 Å². The zero-order valence-corrected chi connectivity index (χ0v) is 17.0. The first kappa shape index (κ1) is 23.5. The summed E-state index contributed by atoms with van der Waals surface area (Å²) in [7, 11) is 0. The first-order valence-electron chi connectivity index (χ1n) is 10.7. The zero-order valence-electron chi connectivity index (χ0n) is 17.0. The van der Waals surface area contributed by atoms with Gasteiger partial charge in [-0.25, -0.2) is 0 Å². The molecule has 0 amide bonds. The van der Waals surface area contributed by atoms with E-state index in [1.807, 2.05) is 0 Å². The molecule has 1 N–H and O–H groups in total. The standard InChI is InChI=1S/C22H44O2/c1-5-7-11-16-20(14-6-2)18-21(22(23)24)17-13-10-8-9-12-15-19(3)4/h19-21H,5-18H2,1-4H3,(H,23,24). The molecule has 2 nitrogen and oxygen atoms in total. The van der Waals surface area contributed by atoms with Crippen LogP contribution < -0.4 is 0 Å². The largest absolute Gasteiger partial charge is 0.481 e. The van der Waals surface area contributed by atoms with Gasteiger partial charge in [0.05, 0.1) is 5.92 Å². The predicted molar refractivity (Wildman–Crippen MR) is 105 cm³/mol. The minimum absolute atomic E-state index is 0.112. The van der Waals surface area contributed by atoms with E-state index in [0.717, 1.165) is 25.2 Å². The molecular formula is C22H44O2. The summed E-state index contributed by atoms with van der Waals surface area (Å²) in [4.78, 5) is 11.6. The van der Waals surface area contributed by atoms with Crippen LogP contribution in [0.1, 0.15) is 118 Å². The Morgan fingerprint density at radius 1 is 0.750 bits per heavy atom. The Morgan fingerprint density at radius 2 is 1.33 bits per heavy atom. The van der Waals surface area contributed by atoms with E-state index >= 15 is 0 Å². The third-order valence-electron chi connectivity index (χ3n) is 5.21. The maximum Gasteiger partial charge on any atom is 0.306 e. The van der Waals surface area contributed by atoms with Crippen molar-refractivity contribution < 1.29 is 9.90 Å². The van der Waals surface area contributed by atoms with Gasteiger partial charge in [0.15, 0.2) is 0 Å². The fraction of sp³-hybridized carbons (Fsp3) is 0.955. The third kappa shape index (κ3) is 13.9. The molecule has 0 aliphatic carbocycles. The number of rotatable bonds is 17. The first-order valence-corrected chi connectivity index (χ1v) is 10.7. The smallest absolute Gasteiger partial charge is 0.306 e. The Bertz CT molecular complexity index is 286. The van der Waals surface area contributed by atoms with Crippen LogP contribution in [0, 0.1) is 17.8 Å². The lowest BCUT2D eigenvalue weighted by atomic mass is 9.85. The van der Waals surface area contributed by atoms with Crippen molar-refractivity contribution in [3.63, 3.8) is 0 Å². The molecule has 0 fully saturated rings. The van der Waals surface area contributed by atoms with Crippen molar-refractivity contribution in [3.8, 4) is 0 Å². The van der Waals surface area contributed by atoms with Gasteiger partial charge in [-0.3, -0.25) is 4.79 Å². The maximum absolute atomic E-state index is 11.6. The van der Waals surface area contributed by atoms with Crippen molar-refractivity contribution in [2.45, 2.75) is 118 Å².